The van der Waals surface area contributed by atoms with Crippen molar-refractivity contribution in [3.05, 3.63) is 26.6 Å². The SMILES string of the molecule is Cc1ncc(C(F)F)c(I)c1CO. The van der Waals surface area contributed by atoms with Gasteiger partial charge in [0.15, 0.2) is 0 Å². The molecule has 1 aromatic rings. The van der Waals surface area contributed by atoms with Gasteiger partial charge in [0.2, 0.25) is 0 Å². The number of pyridine rings is 1. The first kappa shape index (κ1) is 10.8. The molecule has 72 valence electrons. The topological polar surface area (TPSA) is 33.1 Å². The monoisotopic (exact) mass is 299 g/mol. The molecule has 2 nitrogen and oxygen atoms in total. The van der Waals surface area contributed by atoms with E-state index < -0.39 is 6.43 Å². The van der Waals surface area contributed by atoms with Gasteiger partial charge in [0, 0.05) is 26.6 Å². The van der Waals surface area contributed by atoms with E-state index in [1.54, 1.807) is 29.5 Å². The zero-order valence-corrected chi connectivity index (χ0v) is 9.05. The molecule has 5 heteroatoms. The van der Waals surface area contributed by atoms with Gasteiger partial charge in [-0.25, -0.2) is 8.78 Å². The molecule has 0 aromatic carbocycles. The third kappa shape index (κ3) is 2.14. The van der Waals surface area contributed by atoms with Crippen molar-refractivity contribution in [3.63, 3.8) is 0 Å². The molecule has 0 aliphatic carbocycles. The minimum absolute atomic E-state index is 0.116. The van der Waals surface area contributed by atoms with Crippen molar-refractivity contribution < 1.29 is 13.9 Å². The second kappa shape index (κ2) is 4.28. The molecule has 0 aliphatic rings. The van der Waals surface area contributed by atoms with Crippen LogP contribution in [0.3, 0.4) is 0 Å². The third-order valence-electron chi connectivity index (χ3n) is 1.75. The molecular formula is C8H8F2INO. The van der Waals surface area contributed by atoms with Gasteiger partial charge < -0.3 is 5.11 Å². The maximum Gasteiger partial charge on any atom is 0.266 e. The second-order valence-corrected chi connectivity index (χ2v) is 3.63. The first-order valence-electron chi connectivity index (χ1n) is 3.60. The smallest absolute Gasteiger partial charge is 0.266 e. The highest BCUT2D eigenvalue weighted by Gasteiger charge is 2.16. The van der Waals surface area contributed by atoms with E-state index in [0.717, 1.165) is 6.20 Å². The summed E-state index contributed by atoms with van der Waals surface area (Å²) in [7, 11) is 0. The molecule has 0 saturated heterocycles. The summed E-state index contributed by atoms with van der Waals surface area (Å²) in [6, 6.07) is 0. The fourth-order valence-electron chi connectivity index (χ4n) is 0.970. The van der Waals surface area contributed by atoms with Crippen LogP contribution in [-0.4, -0.2) is 10.1 Å². The van der Waals surface area contributed by atoms with Crippen molar-refractivity contribution in [1.82, 2.24) is 4.98 Å². The van der Waals surface area contributed by atoms with Gasteiger partial charge in [-0.2, -0.15) is 0 Å². The van der Waals surface area contributed by atoms with Crippen molar-refractivity contribution in [3.8, 4) is 0 Å². The highest BCUT2D eigenvalue weighted by atomic mass is 127. The Kier molecular flexibility index (Phi) is 3.55. The number of nitrogens with zero attached hydrogens (tertiary/aromatic N) is 1. The molecule has 0 radical (unpaired) electrons. The zero-order chi connectivity index (χ0) is 10.0. The van der Waals surface area contributed by atoms with Gasteiger partial charge in [0.05, 0.1) is 6.61 Å². The number of hydrogen-bond acceptors (Lipinski definition) is 2. The number of halogens is 3. The van der Waals surface area contributed by atoms with E-state index in [2.05, 4.69) is 4.98 Å². The van der Waals surface area contributed by atoms with Gasteiger partial charge in [0.25, 0.3) is 6.43 Å². The van der Waals surface area contributed by atoms with Crippen molar-refractivity contribution in [2.75, 3.05) is 0 Å². The number of aromatic nitrogens is 1. The van der Waals surface area contributed by atoms with Crippen LogP contribution in [0.5, 0.6) is 0 Å². The molecule has 1 N–H and O–H groups in total. The number of rotatable bonds is 2. The molecule has 1 aromatic heterocycles. The standard InChI is InChI=1S/C8H8F2INO/c1-4-6(3-13)7(11)5(2-12-4)8(9)10/h2,8,13H,3H2,1H3. The molecule has 0 fully saturated rings. The quantitative estimate of drug-likeness (QED) is 0.851. The van der Waals surface area contributed by atoms with Gasteiger partial charge in [-0.15, -0.1) is 0 Å². The normalized spacial score (nSPS) is 10.9. The average molecular weight is 299 g/mol. The molecule has 13 heavy (non-hydrogen) atoms. The highest BCUT2D eigenvalue weighted by Crippen LogP contribution is 2.27. The fraction of sp³-hybridized carbons (Fsp3) is 0.375. The van der Waals surface area contributed by atoms with E-state index in [0.29, 0.717) is 14.8 Å². The minimum Gasteiger partial charge on any atom is -0.392 e. The Balaban J connectivity index is 3.27. The van der Waals surface area contributed by atoms with Gasteiger partial charge >= 0.3 is 0 Å². The van der Waals surface area contributed by atoms with Crippen molar-refractivity contribution in [1.29, 1.82) is 0 Å². The first-order valence-corrected chi connectivity index (χ1v) is 4.68. The van der Waals surface area contributed by atoms with Crippen molar-refractivity contribution >= 4 is 22.6 Å². The number of aryl methyl sites for hydroxylation is 1. The summed E-state index contributed by atoms with van der Waals surface area (Å²) in [6.45, 7) is 1.43. The largest absolute Gasteiger partial charge is 0.392 e. The van der Waals surface area contributed by atoms with Crippen LogP contribution in [0.15, 0.2) is 6.20 Å². The molecule has 0 atom stereocenters. The molecule has 0 unspecified atom stereocenters. The van der Waals surface area contributed by atoms with Gasteiger partial charge in [-0.1, -0.05) is 0 Å². The molecule has 1 rings (SSSR count). The lowest BCUT2D eigenvalue weighted by atomic mass is 10.1. The second-order valence-electron chi connectivity index (χ2n) is 2.55. The van der Waals surface area contributed by atoms with E-state index in [-0.39, 0.29) is 12.2 Å². The van der Waals surface area contributed by atoms with Crippen LogP contribution in [0, 0.1) is 10.5 Å². The van der Waals surface area contributed by atoms with Crippen molar-refractivity contribution in [2.45, 2.75) is 20.0 Å². The van der Waals surface area contributed by atoms with Gasteiger partial charge in [-0.05, 0) is 29.5 Å². The summed E-state index contributed by atoms with van der Waals surface area (Å²) >= 11 is 1.80. The van der Waals surface area contributed by atoms with Crippen LogP contribution < -0.4 is 0 Å². The lowest BCUT2D eigenvalue weighted by Crippen LogP contribution is -2.01. The fourth-order valence-corrected chi connectivity index (χ4v) is 1.91. The molecular weight excluding hydrogens is 291 g/mol. The van der Waals surface area contributed by atoms with Crippen molar-refractivity contribution in [2.24, 2.45) is 0 Å². The van der Waals surface area contributed by atoms with Crippen LogP contribution in [-0.2, 0) is 6.61 Å². The average Bonchev–Trinajstić information content (AvgIpc) is 2.04. The molecule has 1 heterocycles. The molecule has 0 amide bonds. The van der Waals surface area contributed by atoms with E-state index in [9.17, 15) is 8.78 Å². The van der Waals surface area contributed by atoms with E-state index >= 15 is 0 Å². The number of aliphatic hydroxyl groups excluding tert-OH is 1. The Bertz CT molecular complexity index is 317. The van der Waals surface area contributed by atoms with Crippen LogP contribution in [0.1, 0.15) is 23.2 Å². The lowest BCUT2D eigenvalue weighted by molar-refractivity contribution is 0.149. The summed E-state index contributed by atoms with van der Waals surface area (Å²) in [6.07, 6.45) is -1.38. The Morgan fingerprint density at radius 2 is 2.23 bits per heavy atom. The number of hydrogen-bond donors (Lipinski definition) is 1. The number of aliphatic hydroxyl groups is 1. The van der Waals surface area contributed by atoms with E-state index in [1.807, 2.05) is 0 Å². The first-order chi connectivity index (χ1) is 6.07. The predicted octanol–water partition coefficient (Wildman–Crippen LogP) is 2.42. The summed E-state index contributed by atoms with van der Waals surface area (Å²) in [5, 5.41) is 8.92. The van der Waals surface area contributed by atoms with Gasteiger partial charge in [0.1, 0.15) is 0 Å². The molecule has 0 bridgehead atoms. The Hall–Kier alpha value is -0.300. The molecule has 0 aliphatic heterocycles. The maximum absolute atomic E-state index is 12.3. The van der Waals surface area contributed by atoms with Crippen LogP contribution in [0.25, 0.3) is 0 Å². The molecule has 0 saturated carbocycles. The van der Waals surface area contributed by atoms with Gasteiger partial charge in [-0.3, -0.25) is 4.98 Å². The number of alkyl halides is 2. The van der Waals surface area contributed by atoms with E-state index in [4.69, 9.17) is 5.11 Å². The minimum atomic E-state index is -2.54. The predicted molar refractivity (Wildman–Crippen MR) is 52.6 cm³/mol. The summed E-state index contributed by atoms with van der Waals surface area (Å²) in [5.74, 6) is 0. The maximum atomic E-state index is 12.3. The highest BCUT2D eigenvalue weighted by molar-refractivity contribution is 14.1. The Morgan fingerprint density at radius 3 is 2.69 bits per heavy atom. The third-order valence-corrected chi connectivity index (χ3v) is 3.02. The van der Waals surface area contributed by atoms with E-state index in [1.165, 1.54) is 0 Å². The zero-order valence-electron chi connectivity index (χ0n) is 6.89. The Morgan fingerprint density at radius 1 is 1.62 bits per heavy atom. The Labute approximate surface area is 88.1 Å². The van der Waals surface area contributed by atoms with Crippen LogP contribution in [0.4, 0.5) is 8.78 Å². The lowest BCUT2D eigenvalue weighted by Gasteiger charge is -2.09. The summed E-state index contributed by atoms with van der Waals surface area (Å²) in [4.78, 5) is 3.79. The van der Waals surface area contributed by atoms with Crippen LogP contribution >= 0.6 is 22.6 Å². The summed E-state index contributed by atoms with van der Waals surface area (Å²) in [5.41, 5.74) is 0.963. The van der Waals surface area contributed by atoms with Crippen LogP contribution in [0.2, 0.25) is 0 Å². The molecule has 0 spiro atoms. The summed E-state index contributed by atoms with van der Waals surface area (Å²) < 4.78 is 25.1.